The van der Waals surface area contributed by atoms with Gasteiger partial charge < -0.3 is 14.2 Å². The summed E-state index contributed by atoms with van der Waals surface area (Å²) < 4.78 is 24.3. The van der Waals surface area contributed by atoms with Gasteiger partial charge in [-0.15, -0.1) is 0 Å². The van der Waals surface area contributed by atoms with Crippen LogP contribution in [0.15, 0.2) is 28.8 Å². The third kappa shape index (κ3) is 3.64. The summed E-state index contributed by atoms with van der Waals surface area (Å²) in [5, 5.41) is 3.86. The second kappa shape index (κ2) is 7.13. The molecule has 1 amide bonds. The van der Waals surface area contributed by atoms with Crippen LogP contribution in [-0.2, 0) is 11.3 Å². The fraction of sp³-hybridized carbons (Fsp3) is 0.444. The van der Waals surface area contributed by atoms with Gasteiger partial charge in [-0.2, -0.15) is 0 Å². The summed E-state index contributed by atoms with van der Waals surface area (Å²) in [6.07, 6.45) is 1.94. The molecular formula is C18H21FN2O3. The Morgan fingerprint density at radius 3 is 2.88 bits per heavy atom. The third-order valence-electron chi connectivity index (χ3n) is 4.24. The summed E-state index contributed by atoms with van der Waals surface area (Å²) in [4.78, 5) is 14.7. The third-order valence-corrected chi connectivity index (χ3v) is 4.24. The van der Waals surface area contributed by atoms with Gasteiger partial charge >= 0.3 is 0 Å². The van der Waals surface area contributed by atoms with E-state index in [1.165, 1.54) is 12.1 Å². The van der Waals surface area contributed by atoms with E-state index in [-0.39, 0.29) is 17.8 Å². The Morgan fingerprint density at radius 2 is 2.25 bits per heavy atom. The van der Waals surface area contributed by atoms with E-state index in [9.17, 15) is 9.18 Å². The minimum absolute atomic E-state index is 0.0166. The zero-order chi connectivity index (χ0) is 17.1. The summed E-state index contributed by atoms with van der Waals surface area (Å²) in [7, 11) is 0. The van der Waals surface area contributed by atoms with E-state index in [0.29, 0.717) is 30.1 Å². The van der Waals surface area contributed by atoms with Gasteiger partial charge in [0.15, 0.2) is 0 Å². The number of hydrogen-bond acceptors (Lipinski definition) is 4. The van der Waals surface area contributed by atoms with Crippen molar-refractivity contribution < 1.29 is 18.4 Å². The van der Waals surface area contributed by atoms with Crippen LogP contribution in [0.4, 0.5) is 4.39 Å². The normalized spacial score (nSPS) is 17.2. The molecule has 0 spiro atoms. The first kappa shape index (κ1) is 16.6. The minimum atomic E-state index is -0.311. The average molecular weight is 332 g/mol. The molecule has 0 radical (unpaired) electrons. The minimum Gasteiger partial charge on any atom is -0.376 e. The highest BCUT2D eigenvalue weighted by Gasteiger charge is 2.27. The van der Waals surface area contributed by atoms with Crippen LogP contribution in [0, 0.1) is 19.7 Å². The molecule has 0 aliphatic carbocycles. The molecule has 2 aromatic rings. The molecule has 0 unspecified atom stereocenters. The lowest BCUT2D eigenvalue weighted by molar-refractivity contribution is 0.0505. The number of aromatic nitrogens is 1. The standard InChI is InChI=1S/C18H21FN2O3/c1-12-17(13(2)24-20-12)18(22)21(11-16-7-4-8-23-16)10-14-5-3-6-15(19)9-14/h3,5-6,9,16H,4,7-8,10-11H2,1-2H3/t16-/m1/s1. The molecule has 0 bridgehead atoms. The van der Waals surface area contributed by atoms with Crippen molar-refractivity contribution in [3.05, 3.63) is 52.7 Å². The molecule has 1 aliphatic heterocycles. The van der Waals surface area contributed by atoms with Crippen molar-refractivity contribution in [3.8, 4) is 0 Å². The van der Waals surface area contributed by atoms with Crippen molar-refractivity contribution in [3.63, 3.8) is 0 Å². The molecule has 128 valence electrons. The van der Waals surface area contributed by atoms with E-state index in [4.69, 9.17) is 9.26 Å². The zero-order valence-electron chi connectivity index (χ0n) is 13.9. The number of carbonyl (C=O) groups is 1. The van der Waals surface area contributed by atoms with Crippen LogP contribution in [0.3, 0.4) is 0 Å². The zero-order valence-corrected chi connectivity index (χ0v) is 13.9. The number of amides is 1. The monoisotopic (exact) mass is 332 g/mol. The molecule has 2 heterocycles. The number of benzene rings is 1. The van der Waals surface area contributed by atoms with Gasteiger partial charge in [0.1, 0.15) is 17.1 Å². The Morgan fingerprint density at radius 1 is 1.42 bits per heavy atom. The van der Waals surface area contributed by atoms with E-state index in [0.717, 1.165) is 25.0 Å². The highest BCUT2D eigenvalue weighted by Crippen LogP contribution is 2.20. The van der Waals surface area contributed by atoms with E-state index < -0.39 is 0 Å². The second-order valence-corrected chi connectivity index (χ2v) is 6.15. The van der Waals surface area contributed by atoms with Gasteiger partial charge in [0.2, 0.25) is 0 Å². The fourth-order valence-corrected chi connectivity index (χ4v) is 3.06. The summed E-state index contributed by atoms with van der Waals surface area (Å²) >= 11 is 0. The van der Waals surface area contributed by atoms with E-state index in [2.05, 4.69) is 5.16 Å². The summed E-state index contributed by atoms with van der Waals surface area (Å²) in [6, 6.07) is 6.30. The van der Waals surface area contributed by atoms with Crippen molar-refractivity contribution in [2.75, 3.05) is 13.2 Å². The van der Waals surface area contributed by atoms with Gasteiger partial charge in [0.05, 0.1) is 11.8 Å². The van der Waals surface area contributed by atoms with Gasteiger partial charge in [-0.1, -0.05) is 17.3 Å². The number of rotatable bonds is 5. The van der Waals surface area contributed by atoms with Crippen molar-refractivity contribution in [2.45, 2.75) is 39.3 Å². The average Bonchev–Trinajstić information content (AvgIpc) is 3.16. The van der Waals surface area contributed by atoms with Crippen LogP contribution in [0.25, 0.3) is 0 Å². The van der Waals surface area contributed by atoms with Crippen molar-refractivity contribution in [1.29, 1.82) is 0 Å². The van der Waals surface area contributed by atoms with Crippen LogP contribution < -0.4 is 0 Å². The van der Waals surface area contributed by atoms with Crippen LogP contribution >= 0.6 is 0 Å². The molecule has 0 N–H and O–H groups in total. The molecular weight excluding hydrogens is 311 g/mol. The highest BCUT2D eigenvalue weighted by atomic mass is 19.1. The van der Waals surface area contributed by atoms with Gasteiger partial charge in [-0.3, -0.25) is 4.79 Å². The Kier molecular flexibility index (Phi) is 4.94. The molecule has 0 saturated carbocycles. The molecule has 1 aromatic carbocycles. The lowest BCUT2D eigenvalue weighted by Crippen LogP contribution is -2.37. The van der Waals surface area contributed by atoms with E-state index in [1.54, 1.807) is 24.8 Å². The first-order valence-corrected chi connectivity index (χ1v) is 8.13. The van der Waals surface area contributed by atoms with Gasteiger partial charge in [-0.05, 0) is 44.4 Å². The molecule has 1 fully saturated rings. The first-order chi connectivity index (χ1) is 11.5. The van der Waals surface area contributed by atoms with E-state index >= 15 is 0 Å². The number of halogens is 1. The SMILES string of the molecule is Cc1noc(C)c1C(=O)N(Cc1cccc(F)c1)C[C@H]1CCCO1. The number of hydrogen-bond donors (Lipinski definition) is 0. The Balaban J connectivity index is 1.84. The summed E-state index contributed by atoms with van der Waals surface area (Å²) in [5.74, 6) is 0.0226. The van der Waals surface area contributed by atoms with Crippen molar-refractivity contribution in [1.82, 2.24) is 10.1 Å². The van der Waals surface area contributed by atoms with Gasteiger partial charge in [0.25, 0.3) is 5.91 Å². The number of aryl methyl sites for hydroxylation is 2. The molecule has 5 nitrogen and oxygen atoms in total. The van der Waals surface area contributed by atoms with Gasteiger partial charge in [0, 0.05) is 19.7 Å². The quantitative estimate of drug-likeness (QED) is 0.843. The molecule has 1 saturated heterocycles. The molecule has 24 heavy (non-hydrogen) atoms. The first-order valence-electron chi connectivity index (χ1n) is 8.13. The molecule has 3 rings (SSSR count). The molecule has 6 heteroatoms. The summed E-state index contributed by atoms with van der Waals surface area (Å²) in [6.45, 7) is 4.98. The van der Waals surface area contributed by atoms with E-state index in [1.807, 2.05) is 6.07 Å². The molecule has 1 aromatic heterocycles. The maximum atomic E-state index is 13.5. The van der Waals surface area contributed by atoms with Crippen molar-refractivity contribution in [2.24, 2.45) is 0 Å². The van der Waals surface area contributed by atoms with Crippen LogP contribution in [0.5, 0.6) is 0 Å². The Bertz CT molecular complexity index is 703. The van der Waals surface area contributed by atoms with Crippen LogP contribution in [0.1, 0.15) is 40.2 Å². The smallest absolute Gasteiger partial charge is 0.259 e. The molecule has 1 aliphatic rings. The highest BCUT2D eigenvalue weighted by molar-refractivity contribution is 5.96. The summed E-state index contributed by atoms with van der Waals surface area (Å²) in [5.41, 5.74) is 1.78. The maximum Gasteiger partial charge on any atom is 0.259 e. The maximum absolute atomic E-state index is 13.5. The lowest BCUT2D eigenvalue weighted by atomic mass is 10.1. The predicted octanol–water partition coefficient (Wildman–Crippen LogP) is 3.25. The number of carbonyl (C=O) groups excluding carboxylic acids is 1. The lowest BCUT2D eigenvalue weighted by Gasteiger charge is -2.25. The predicted molar refractivity (Wildman–Crippen MR) is 86.1 cm³/mol. The Labute approximate surface area is 140 Å². The van der Waals surface area contributed by atoms with Crippen LogP contribution in [-0.4, -0.2) is 35.2 Å². The van der Waals surface area contributed by atoms with Crippen LogP contribution in [0.2, 0.25) is 0 Å². The largest absolute Gasteiger partial charge is 0.376 e. The number of nitrogens with zero attached hydrogens (tertiary/aromatic N) is 2. The van der Waals surface area contributed by atoms with Gasteiger partial charge in [-0.25, -0.2) is 4.39 Å². The second-order valence-electron chi connectivity index (χ2n) is 6.15. The number of ether oxygens (including phenoxy) is 1. The van der Waals surface area contributed by atoms with Crippen molar-refractivity contribution >= 4 is 5.91 Å². The molecule has 1 atom stereocenters. The fourth-order valence-electron chi connectivity index (χ4n) is 3.06. The topological polar surface area (TPSA) is 55.6 Å². The Hall–Kier alpha value is -2.21.